The summed E-state index contributed by atoms with van der Waals surface area (Å²) in [7, 11) is 0. The van der Waals surface area contributed by atoms with Crippen LogP contribution in [-0.2, 0) is 6.42 Å². The maximum Gasteiger partial charge on any atom is 0.0504 e. The Balaban J connectivity index is 2.41. The van der Waals surface area contributed by atoms with Gasteiger partial charge in [-0.1, -0.05) is 24.1 Å². The molecule has 2 rings (SSSR count). The molecule has 1 aromatic rings. The van der Waals surface area contributed by atoms with E-state index in [-0.39, 0.29) is 0 Å². The van der Waals surface area contributed by atoms with Crippen molar-refractivity contribution >= 4 is 17.6 Å². The third kappa shape index (κ3) is 1.68. The van der Waals surface area contributed by atoms with Crippen molar-refractivity contribution in [1.29, 1.82) is 0 Å². The summed E-state index contributed by atoms with van der Waals surface area (Å²) in [6, 6.07) is 6.78. The number of hydrogen-bond donors (Lipinski definition) is 0. The SMILES string of the molecule is CSN1CCCc2ccc(C)cc21. The molecule has 0 unspecified atom stereocenters. The van der Waals surface area contributed by atoms with Gasteiger partial charge >= 0.3 is 0 Å². The minimum atomic E-state index is 1.19. The van der Waals surface area contributed by atoms with Crippen LogP contribution in [0.15, 0.2) is 18.2 Å². The Kier molecular flexibility index (Phi) is 2.49. The fraction of sp³-hybridized carbons (Fsp3) is 0.455. The summed E-state index contributed by atoms with van der Waals surface area (Å²) >= 11 is 1.83. The summed E-state index contributed by atoms with van der Waals surface area (Å²) in [4.78, 5) is 0. The Bertz CT molecular complexity index is 309. The van der Waals surface area contributed by atoms with Crippen molar-refractivity contribution < 1.29 is 0 Å². The zero-order valence-electron chi connectivity index (χ0n) is 8.21. The molecular weight excluding hydrogens is 178 g/mol. The van der Waals surface area contributed by atoms with Gasteiger partial charge in [0.15, 0.2) is 0 Å². The first-order valence-electron chi connectivity index (χ1n) is 4.72. The first kappa shape index (κ1) is 8.95. The second-order valence-electron chi connectivity index (χ2n) is 3.52. The molecule has 1 aromatic carbocycles. The number of fused-ring (bicyclic) bond motifs is 1. The molecule has 13 heavy (non-hydrogen) atoms. The molecule has 2 heteroatoms. The maximum absolute atomic E-state index is 2.39. The van der Waals surface area contributed by atoms with Crippen LogP contribution in [-0.4, -0.2) is 12.8 Å². The molecule has 0 amide bonds. The monoisotopic (exact) mass is 193 g/mol. The molecule has 1 aliphatic rings. The molecule has 1 heterocycles. The van der Waals surface area contributed by atoms with Gasteiger partial charge in [-0.05, 0) is 37.0 Å². The standard InChI is InChI=1S/C11H15NS/c1-9-5-6-10-4-3-7-12(13-2)11(10)8-9/h5-6,8H,3-4,7H2,1-2H3. The van der Waals surface area contributed by atoms with Crippen LogP contribution in [0.25, 0.3) is 0 Å². The van der Waals surface area contributed by atoms with Gasteiger partial charge in [0.25, 0.3) is 0 Å². The highest BCUT2D eigenvalue weighted by Gasteiger charge is 2.15. The number of nitrogens with zero attached hydrogens (tertiary/aromatic N) is 1. The first-order chi connectivity index (χ1) is 6.31. The Labute approximate surface area is 84.3 Å². The van der Waals surface area contributed by atoms with Gasteiger partial charge in [0.1, 0.15) is 0 Å². The first-order valence-corrected chi connectivity index (χ1v) is 5.90. The highest BCUT2D eigenvalue weighted by molar-refractivity contribution is 7.99. The quantitative estimate of drug-likeness (QED) is 0.631. The van der Waals surface area contributed by atoms with Gasteiger partial charge in [0, 0.05) is 12.8 Å². The van der Waals surface area contributed by atoms with E-state index in [9.17, 15) is 0 Å². The Morgan fingerprint density at radius 1 is 1.38 bits per heavy atom. The lowest BCUT2D eigenvalue weighted by molar-refractivity contribution is 0.795. The Morgan fingerprint density at radius 2 is 2.23 bits per heavy atom. The highest BCUT2D eigenvalue weighted by Crippen LogP contribution is 2.31. The average Bonchev–Trinajstić information content (AvgIpc) is 2.17. The van der Waals surface area contributed by atoms with Crippen molar-refractivity contribution in [2.75, 3.05) is 17.1 Å². The van der Waals surface area contributed by atoms with Crippen molar-refractivity contribution in [3.63, 3.8) is 0 Å². The van der Waals surface area contributed by atoms with Crippen molar-refractivity contribution in [2.45, 2.75) is 19.8 Å². The van der Waals surface area contributed by atoms with Crippen LogP contribution < -0.4 is 4.31 Å². The minimum Gasteiger partial charge on any atom is -0.316 e. The second-order valence-corrected chi connectivity index (χ2v) is 4.33. The molecule has 0 N–H and O–H groups in total. The molecule has 0 bridgehead atoms. The molecule has 70 valence electrons. The third-order valence-electron chi connectivity index (χ3n) is 2.54. The van der Waals surface area contributed by atoms with E-state index in [4.69, 9.17) is 0 Å². The number of anilines is 1. The molecule has 0 aliphatic carbocycles. The van der Waals surface area contributed by atoms with Crippen molar-refractivity contribution in [3.8, 4) is 0 Å². The fourth-order valence-corrected chi connectivity index (χ4v) is 2.52. The van der Waals surface area contributed by atoms with Gasteiger partial charge in [-0.25, -0.2) is 0 Å². The van der Waals surface area contributed by atoms with Gasteiger partial charge in [-0.3, -0.25) is 0 Å². The normalized spacial score (nSPS) is 15.7. The van der Waals surface area contributed by atoms with Crippen molar-refractivity contribution in [2.24, 2.45) is 0 Å². The zero-order valence-corrected chi connectivity index (χ0v) is 9.03. The Morgan fingerprint density at radius 3 is 3.00 bits per heavy atom. The summed E-state index contributed by atoms with van der Waals surface area (Å²) in [5.41, 5.74) is 4.30. The van der Waals surface area contributed by atoms with Gasteiger partial charge in [-0.2, -0.15) is 0 Å². The lowest BCUT2D eigenvalue weighted by atomic mass is 10.0. The van der Waals surface area contributed by atoms with Crippen LogP contribution in [0.1, 0.15) is 17.5 Å². The number of rotatable bonds is 1. The van der Waals surface area contributed by atoms with Crippen LogP contribution in [0, 0.1) is 6.92 Å². The van der Waals surface area contributed by atoms with Gasteiger partial charge in [0.2, 0.25) is 0 Å². The van der Waals surface area contributed by atoms with Gasteiger partial charge in [-0.15, -0.1) is 0 Å². The molecule has 0 saturated carbocycles. The summed E-state index contributed by atoms with van der Waals surface area (Å²) in [5, 5.41) is 0. The van der Waals surface area contributed by atoms with E-state index in [2.05, 4.69) is 35.7 Å². The lowest BCUT2D eigenvalue weighted by Gasteiger charge is -2.29. The largest absolute Gasteiger partial charge is 0.316 e. The fourth-order valence-electron chi connectivity index (χ4n) is 1.84. The molecule has 0 atom stereocenters. The molecule has 0 aromatic heterocycles. The van der Waals surface area contributed by atoms with Crippen molar-refractivity contribution in [1.82, 2.24) is 0 Å². The van der Waals surface area contributed by atoms with Gasteiger partial charge < -0.3 is 4.31 Å². The van der Waals surface area contributed by atoms with Crippen molar-refractivity contribution in [3.05, 3.63) is 29.3 Å². The number of benzene rings is 1. The van der Waals surface area contributed by atoms with Crippen LogP contribution in [0.3, 0.4) is 0 Å². The Hall–Kier alpha value is -0.630. The van der Waals surface area contributed by atoms with E-state index in [1.54, 1.807) is 0 Å². The maximum atomic E-state index is 2.39. The van der Waals surface area contributed by atoms with E-state index >= 15 is 0 Å². The van der Waals surface area contributed by atoms with Crippen LogP contribution >= 0.6 is 11.9 Å². The van der Waals surface area contributed by atoms with Crippen LogP contribution in [0.2, 0.25) is 0 Å². The number of aryl methyl sites for hydroxylation is 2. The molecule has 0 fully saturated rings. The summed E-state index contributed by atoms with van der Waals surface area (Å²) in [5.74, 6) is 0. The number of hydrogen-bond acceptors (Lipinski definition) is 2. The average molecular weight is 193 g/mol. The van der Waals surface area contributed by atoms with E-state index in [0.717, 1.165) is 0 Å². The molecule has 1 aliphatic heterocycles. The second kappa shape index (κ2) is 3.62. The molecule has 0 radical (unpaired) electrons. The van der Waals surface area contributed by atoms with E-state index < -0.39 is 0 Å². The highest BCUT2D eigenvalue weighted by atomic mass is 32.2. The molecule has 0 saturated heterocycles. The van der Waals surface area contributed by atoms with Gasteiger partial charge in [0.05, 0.1) is 5.69 Å². The van der Waals surface area contributed by atoms with Crippen LogP contribution in [0.5, 0.6) is 0 Å². The van der Waals surface area contributed by atoms with Crippen LogP contribution in [0.4, 0.5) is 5.69 Å². The van der Waals surface area contributed by atoms with E-state index in [1.165, 1.54) is 36.2 Å². The summed E-state index contributed by atoms with van der Waals surface area (Å²) < 4.78 is 2.39. The smallest absolute Gasteiger partial charge is 0.0504 e. The van der Waals surface area contributed by atoms with E-state index in [1.807, 2.05) is 11.9 Å². The zero-order chi connectivity index (χ0) is 9.26. The molecule has 0 spiro atoms. The predicted molar refractivity (Wildman–Crippen MR) is 60.4 cm³/mol. The predicted octanol–water partition coefficient (Wildman–Crippen LogP) is 3.03. The molecular formula is C11H15NS. The summed E-state index contributed by atoms with van der Waals surface area (Å²) in [6.45, 7) is 3.35. The molecule has 1 nitrogen and oxygen atoms in total. The lowest BCUT2D eigenvalue weighted by Crippen LogP contribution is -2.21. The minimum absolute atomic E-state index is 1.19. The summed E-state index contributed by atoms with van der Waals surface area (Å²) in [6.07, 6.45) is 4.68. The van der Waals surface area contributed by atoms with E-state index in [0.29, 0.717) is 0 Å². The topological polar surface area (TPSA) is 3.24 Å². The third-order valence-corrected chi connectivity index (χ3v) is 3.36.